The number of ether oxygens (including phenoxy) is 2. The Morgan fingerprint density at radius 2 is 2.19 bits per heavy atom. The summed E-state index contributed by atoms with van der Waals surface area (Å²) in [6, 6.07) is 7.36. The van der Waals surface area contributed by atoms with E-state index in [2.05, 4.69) is 5.10 Å². The first-order valence-corrected chi connectivity index (χ1v) is 6.74. The maximum atomic E-state index is 12.4. The molecule has 0 aliphatic carbocycles. The molecule has 1 aliphatic rings. The van der Waals surface area contributed by atoms with Gasteiger partial charge >= 0.3 is 0 Å². The van der Waals surface area contributed by atoms with Gasteiger partial charge in [0.25, 0.3) is 5.91 Å². The molecule has 0 spiro atoms. The fourth-order valence-corrected chi connectivity index (χ4v) is 2.29. The molecule has 1 atom stereocenters. The number of hydrogen-bond acceptors (Lipinski definition) is 4. The number of fused-ring (bicyclic) bond motifs is 1. The highest BCUT2D eigenvalue weighted by atomic mass is 16.6. The third kappa shape index (κ3) is 2.84. The molecule has 2 heterocycles. The maximum Gasteiger partial charge on any atom is 0.267 e. The van der Waals surface area contributed by atoms with Crippen LogP contribution in [-0.4, -0.2) is 40.3 Å². The topological polar surface area (TPSA) is 56.6 Å². The molecule has 3 rings (SSSR count). The number of likely N-dealkylation sites (N-methyl/N-ethyl adjacent to an activating group) is 1. The van der Waals surface area contributed by atoms with E-state index in [0.717, 1.165) is 5.56 Å². The average Bonchev–Trinajstić information content (AvgIpc) is 2.91. The van der Waals surface area contributed by atoms with E-state index >= 15 is 0 Å². The van der Waals surface area contributed by atoms with Gasteiger partial charge in [-0.25, -0.2) is 0 Å². The van der Waals surface area contributed by atoms with Gasteiger partial charge in [0.1, 0.15) is 6.61 Å². The molecule has 1 aliphatic heterocycles. The van der Waals surface area contributed by atoms with Crippen molar-refractivity contribution in [3.05, 3.63) is 42.2 Å². The minimum absolute atomic E-state index is 0.103. The molecule has 0 radical (unpaired) electrons. The van der Waals surface area contributed by atoms with Crippen molar-refractivity contribution in [2.75, 3.05) is 13.7 Å². The van der Waals surface area contributed by atoms with Crippen molar-refractivity contribution in [2.45, 2.75) is 12.6 Å². The van der Waals surface area contributed by atoms with E-state index in [0.29, 0.717) is 18.0 Å². The summed E-state index contributed by atoms with van der Waals surface area (Å²) >= 11 is 0. The number of para-hydroxylation sites is 2. The number of hydrogen-bond donors (Lipinski definition) is 0. The van der Waals surface area contributed by atoms with Crippen LogP contribution in [0.25, 0.3) is 0 Å². The Morgan fingerprint density at radius 3 is 2.90 bits per heavy atom. The predicted octanol–water partition coefficient (Wildman–Crippen LogP) is 1.22. The van der Waals surface area contributed by atoms with Crippen LogP contribution in [0.5, 0.6) is 11.5 Å². The van der Waals surface area contributed by atoms with Crippen LogP contribution in [0, 0.1) is 0 Å². The molecule has 1 amide bonds. The zero-order valence-electron chi connectivity index (χ0n) is 12.0. The van der Waals surface area contributed by atoms with Crippen LogP contribution in [0.1, 0.15) is 5.56 Å². The molecule has 0 saturated carbocycles. The van der Waals surface area contributed by atoms with Crippen LogP contribution in [0.2, 0.25) is 0 Å². The zero-order chi connectivity index (χ0) is 14.8. The lowest BCUT2D eigenvalue weighted by atomic mass is 10.2. The van der Waals surface area contributed by atoms with Gasteiger partial charge in [0, 0.05) is 32.4 Å². The average molecular weight is 287 g/mol. The van der Waals surface area contributed by atoms with Gasteiger partial charge in [-0.15, -0.1) is 0 Å². The van der Waals surface area contributed by atoms with Gasteiger partial charge in [-0.3, -0.25) is 9.48 Å². The Bertz CT molecular complexity index is 653. The highest BCUT2D eigenvalue weighted by Gasteiger charge is 2.29. The van der Waals surface area contributed by atoms with Gasteiger partial charge in [0.05, 0.1) is 6.20 Å². The highest BCUT2D eigenvalue weighted by molar-refractivity contribution is 5.81. The summed E-state index contributed by atoms with van der Waals surface area (Å²) in [4.78, 5) is 14.0. The molecule has 0 fully saturated rings. The second-order valence-electron chi connectivity index (χ2n) is 5.08. The molecule has 110 valence electrons. The van der Waals surface area contributed by atoms with Gasteiger partial charge < -0.3 is 14.4 Å². The number of carbonyl (C=O) groups is 1. The van der Waals surface area contributed by atoms with Crippen LogP contribution in [0.15, 0.2) is 36.7 Å². The molecule has 6 nitrogen and oxygen atoms in total. The maximum absolute atomic E-state index is 12.4. The fourth-order valence-electron chi connectivity index (χ4n) is 2.29. The lowest BCUT2D eigenvalue weighted by Crippen LogP contribution is -2.44. The quantitative estimate of drug-likeness (QED) is 0.851. The van der Waals surface area contributed by atoms with Crippen molar-refractivity contribution < 1.29 is 14.3 Å². The highest BCUT2D eigenvalue weighted by Crippen LogP contribution is 2.31. The normalized spacial score (nSPS) is 16.6. The zero-order valence-corrected chi connectivity index (χ0v) is 12.0. The van der Waals surface area contributed by atoms with Gasteiger partial charge in [-0.05, 0) is 12.1 Å². The molecule has 1 aromatic heterocycles. The third-order valence-electron chi connectivity index (χ3n) is 3.34. The molecular formula is C15H17N3O3. The van der Waals surface area contributed by atoms with E-state index in [-0.39, 0.29) is 12.5 Å². The van der Waals surface area contributed by atoms with Crippen molar-refractivity contribution in [1.29, 1.82) is 0 Å². The molecule has 0 bridgehead atoms. The van der Waals surface area contributed by atoms with Crippen LogP contribution < -0.4 is 9.47 Å². The molecule has 6 heteroatoms. The largest absolute Gasteiger partial charge is 0.485 e. The van der Waals surface area contributed by atoms with Gasteiger partial charge in [-0.1, -0.05) is 12.1 Å². The smallest absolute Gasteiger partial charge is 0.267 e. The molecule has 0 N–H and O–H groups in total. The molecule has 21 heavy (non-hydrogen) atoms. The first-order chi connectivity index (χ1) is 10.1. The Balaban J connectivity index is 1.66. The van der Waals surface area contributed by atoms with E-state index in [1.165, 1.54) is 0 Å². The van der Waals surface area contributed by atoms with Crippen molar-refractivity contribution in [1.82, 2.24) is 14.7 Å². The van der Waals surface area contributed by atoms with E-state index < -0.39 is 6.10 Å². The SMILES string of the molecule is CN(Cc1cnn(C)c1)C(=O)C1COc2ccccc2O1. The lowest BCUT2D eigenvalue weighted by Gasteiger charge is -2.28. The van der Waals surface area contributed by atoms with Crippen molar-refractivity contribution in [3.63, 3.8) is 0 Å². The summed E-state index contributed by atoms with van der Waals surface area (Å²) in [5.74, 6) is 1.18. The van der Waals surface area contributed by atoms with E-state index in [4.69, 9.17) is 9.47 Å². The number of amides is 1. The van der Waals surface area contributed by atoms with Gasteiger partial charge in [0.2, 0.25) is 6.10 Å². The van der Waals surface area contributed by atoms with Crippen molar-refractivity contribution in [2.24, 2.45) is 7.05 Å². The number of carbonyl (C=O) groups excluding carboxylic acids is 1. The number of benzene rings is 1. The first-order valence-electron chi connectivity index (χ1n) is 6.74. The van der Waals surface area contributed by atoms with Gasteiger partial charge in [-0.2, -0.15) is 5.10 Å². The van der Waals surface area contributed by atoms with Crippen LogP contribution in [0.4, 0.5) is 0 Å². The summed E-state index contributed by atoms with van der Waals surface area (Å²) < 4.78 is 13.0. The van der Waals surface area contributed by atoms with E-state index in [1.807, 2.05) is 31.4 Å². The van der Waals surface area contributed by atoms with Crippen LogP contribution in [0.3, 0.4) is 0 Å². The summed E-state index contributed by atoms with van der Waals surface area (Å²) in [7, 11) is 3.60. The standard InChI is InChI=1S/C15H17N3O3/c1-17(8-11-7-16-18(2)9-11)15(19)14-10-20-12-5-3-4-6-13(12)21-14/h3-7,9,14H,8,10H2,1-2H3. The summed E-state index contributed by atoms with van der Waals surface area (Å²) in [5, 5.41) is 4.09. The molecule has 1 aromatic carbocycles. The van der Waals surface area contributed by atoms with Gasteiger partial charge in [0.15, 0.2) is 11.5 Å². The molecular weight excluding hydrogens is 270 g/mol. The van der Waals surface area contributed by atoms with E-state index in [1.54, 1.807) is 28.9 Å². The van der Waals surface area contributed by atoms with Crippen molar-refractivity contribution in [3.8, 4) is 11.5 Å². The Kier molecular flexibility index (Phi) is 3.51. The minimum Gasteiger partial charge on any atom is -0.485 e. The fraction of sp³-hybridized carbons (Fsp3) is 0.333. The monoisotopic (exact) mass is 287 g/mol. The number of aromatic nitrogens is 2. The first kappa shape index (κ1) is 13.5. The Hall–Kier alpha value is -2.50. The van der Waals surface area contributed by atoms with Crippen LogP contribution in [-0.2, 0) is 18.4 Å². The molecule has 1 unspecified atom stereocenters. The lowest BCUT2D eigenvalue weighted by molar-refractivity contribution is -0.140. The Labute approximate surface area is 122 Å². The number of rotatable bonds is 3. The molecule has 2 aromatic rings. The second kappa shape index (κ2) is 5.47. The number of nitrogens with zero attached hydrogens (tertiary/aromatic N) is 3. The third-order valence-corrected chi connectivity index (χ3v) is 3.34. The molecule has 0 saturated heterocycles. The summed E-state index contributed by atoms with van der Waals surface area (Å²) in [6.07, 6.45) is 3.02. The summed E-state index contributed by atoms with van der Waals surface area (Å²) in [6.45, 7) is 0.724. The number of aryl methyl sites for hydroxylation is 1. The Morgan fingerprint density at radius 1 is 1.43 bits per heavy atom. The van der Waals surface area contributed by atoms with Crippen LogP contribution >= 0.6 is 0 Å². The summed E-state index contributed by atoms with van der Waals surface area (Å²) in [5.41, 5.74) is 0.977. The second-order valence-corrected chi connectivity index (χ2v) is 5.08. The predicted molar refractivity (Wildman–Crippen MR) is 76.0 cm³/mol. The van der Waals surface area contributed by atoms with E-state index in [9.17, 15) is 4.79 Å². The minimum atomic E-state index is -0.610. The van der Waals surface area contributed by atoms with Crippen molar-refractivity contribution >= 4 is 5.91 Å².